The lowest BCUT2D eigenvalue weighted by molar-refractivity contribution is -0.225. The molecule has 3 rings (SSSR count). The summed E-state index contributed by atoms with van der Waals surface area (Å²) in [7, 11) is 0. The minimum Gasteiger partial charge on any atom is -0.377 e. The van der Waals surface area contributed by atoms with Gasteiger partial charge in [-0.2, -0.15) is 0 Å². The van der Waals surface area contributed by atoms with E-state index in [0.717, 1.165) is 31.1 Å². The summed E-state index contributed by atoms with van der Waals surface area (Å²) in [6.45, 7) is 9.14. The molecule has 0 aromatic carbocycles. The van der Waals surface area contributed by atoms with E-state index in [1.54, 1.807) is 11.3 Å². The van der Waals surface area contributed by atoms with Crippen LogP contribution in [0.3, 0.4) is 0 Å². The Morgan fingerprint density at radius 1 is 1.55 bits per heavy atom. The second kappa shape index (κ2) is 5.05. The molecule has 3 N–H and O–H groups in total. The number of nitrogens with one attached hydrogen (secondary N) is 1. The average Bonchev–Trinajstić information content (AvgIpc) is 2.84. The number of hydrogen-bond donors (Lipinski definition) is 2. The maximum absolute atomic E-state index is 6.75. The van der Waals surface area contributed by atoms with Gasteiger partial charge in [-0.05, 0) is 19.8 Å². The van der Waals surface area contributed by atoms with Crippen LogP contribution >= 0.6 is 11.3 Å². The van der Waals surface area contributed by atoms with Crippen LogP contribution in [0.25, 0.3) is 0 Å². The molecule has 2 fully saturated rings. The SMILES string of the molecule is Cc1ncc(CNCC2(N)C3CCCOC3C2(C)C)s1. The van der Waals surface area contributed by atoms with E-state index < -0.39 is 0 Å². The first-order valence-electron chi connectivity index (χ1n) is 7.47. The number of thiazole rings is 1. The molecule has 1 saturated heterocycles. The molecule has 5 heteroatoms. The zero-order valence-electron chi connectivity index (χ0n) is 12.6. The van der Waals surface area contributed by atoms with Crippen molar-refractivity contribution in [2.24, 2.45) is 17.1 Å². The first kappa shape index (κ1) is 14.4. The molecular weight excluding hydrogens is 270 g/mol. The lowest BCUT2D eigenvalue weighted by Crippen LogP contribution is -2.80. The van der Waals surface area contributed by atoms with Gasteiger partial charge >= 0.3 is 0 Å². The molecule has 112 valence electrons. The molecule has 1 aliphatic carbocycles. The molecule has 0 radical (unpaired) electrons. The second-order valence-corrected chi connectivity index (χ2v) is 8.07. The molecule has 4 nitrogen and oxygen atoms in total. The Labute approximate surface area is 125 Å². The molecule has 0 spiro atoms. The Morgan fingerprint density at radius 2 is 2.35 bits per heavy atom. The zero-order valence-corrected chi connectivity index (χ0v) is 13.4. The van der Waals surface area contributed by atoms with E-state index in [1.165, 1.54) is 11.3 Å². The van der Waals surface area contributed by atoms with E-state index >= 15 is 0 Å². The topological polar surface area (TPSA) is 60.2 Å². The van der Waals surface area contributed by atoms with Crippen molar-refractivity contribution in [1.82, 2.24) is 10.3 Å². The van der Waals surface area contributed by atoms with Crippen molar-refractivity contribution in [2.45, 2.75) is 51.8 Å². The summed E-state index contributed by atoms with van der Waals surface area (Å²) in [5.41, 5.74) is 6.65. The summed E-state index contributed by atoms with van der Waals surface area (Å²) in [6, 6.07) is 0. The molecule has 0 bridgehead atoms. The van der Waals surface area contributed by atoms with Gasteiger partial charge in [-0.25, -0.2) is 4.98 Å². The first-order valence-corrected chi connectivity index (χ1v) is 8.29. The van der Waals surface area contributed by atoms with Crippen molar-refractivity contribution in [3.8, 4) is 0 Å². The Bertz CT molecular complexity index is 487. The quantitative estimate of drug-likeness (QED) is 0.893. The number of nitrogens with two attached hydrogens (primary N) is 1. The minimum absolute atomic E-state index is 0.0503. The van der Waals surface area contributed by atoms with Gasteiger partial charge in [-0.3, -0.25) is 0 Å². The van der Waals surface area contributed by atoms with Crippen LogP contribution in [0.2, 0.25) is 0 Å². The van der Waals surface area contributed by atoms with Crippen molar-refractivity contribution < 1.29 is 4.74 Å². The van der Waals surface area contributed by atoms with Crippen molar-refractivity contribution in [2.75, 3.05) is 13.2 Å². The van der Waals surface area contributed by atoms with Crippen LogP contribution in [0.15, 0.2) is 6.20 Å². The van der Waals surface area contributed by atoms with E-state index in [1.807, 2.05) is 13.1 Å². The van der Waals surface area contributed by atoms with Gasteiger partial charge in [0, 0.05) is 47.6 Å². The summed E-state index contributed by atoms with van der Waals surface area (Å²) >= 11 is 1.75. The van der Waals surface area contributed by atoms with Crippen LogP contribution in [0.5, 0.6) is 0 Å². The Morgan fingerprint density at radius 3 is 3.05 bits per heavy atom. The van der Waals surface area contributed by atoms with Crippen molar-refractivity contribution in [3.05, 3.63) is 16.1 Å². The Kier molecular flexibility index (Phi) is 3.65. The van der Waals surface area contributed by atoms with Crippen molar-refractivity contribution in [3.63, 3.8) is 0 Å². The highest BCUT2D eigenvalue weighted by Gasteiger charge is 2.65. The number of ether oxygens (including phenoxy) is 1. The molecule has 20 heavy (non-hydrogen) atoms. The molecule has 1 aliphatic heterocycles. The molecule has 3 unspecified atom stereocenters. The fourth-order valence-electron chi connectivity index (χ4n) is 3.91. The second-order valence-electron chi connectivity index (χ2n) is 6.75. The summed E-state index contributed by atoms with van der Waals surface area (Å²) in [6.07, 6.45) is 4.64. The van der Waals surface area contributed by atoms with E-state index in [-0.39, 0.29) is 11.0 Å². The largest absolute Gasteiger partial charge is 0.377 e. The third-order valence-corrected chi connectivity index (χ3v) is 6.19. The van der Waals surface area contributed by atoms with Gasteiger partial charge in [-0.1, -0.05) is 13.8 Å². The molecule has 1 aromatic heterocycles. The standard InChI is InChI=1S/C15H25N3OS/c1-10-18-8-11(20-10)7-17-9-15(16)12-5-4-6-19-13(12)14(15,2)3/h8,12-13,17H,4-7,9,16H2,1-3H3. The lowest BCUT2D eigenvalue weighted by Gasteiger charge is -2.66. The van der Waals surface area contributed by atoms with E-state index in [0.29, 0.717) is 12.0 Å². The van der Waals surface area contributed by atoms with Crippen LogP contribution < -0.4 is 11.1 Å². The molecular formula is C15H25N3OS. The molecule has 2 heterocycles. The van der Waals surface area contributed by atoms with Crippen LogP contribution in [-0.4, -0.2) is 29.8 Å². The van der Waals surface area contributed by atoms with Crippen molar-refractivity contribution in [1.29, 1.82) is 0 Å². The smallest absolute Gasteiger partial charge is 0.0897 e. The van der Waals surface area contributed by atoms with Crippen molar-refractivity contribution >= 4 is 11.3 Å². The van der Waals surface area contributed by atoms with Crippen LogP contribution in [0.1, 0.15) is 36.6 Å². The summed E-state index contributed by atoms with van der Waals surface area (Å²) < 4.78 is 5.94. The van der Waals surface area contributed by atoms with Gasteiger partial charge in [0.1, 0.15) is 0 Å². The molecule has 1 aromatic rings. The maximum atomic E-state index is 6.75. The highest BCUT2D eigenvalue weighted by Crippen LogP contribution is 2.56. The van der Waals surface area contributed by atoms with Gasteiger partial charge in [0.05, 0.1) is 11.1 Å². The fraction of sp³-hybridized carbons (Fsp3) is 0.800. The third kappa shape index (κ3) is 2.11. The summed E-state index contributed by atoms with van der Waals surface area (Å²) in [5, 5.41) is 4.66. The fourth-order valence-corrected chi connectivity index (χ4v) is 4.67. The van der Waals surface area contributed by atoms with Crippen LogP contribution in [0.4, 0.5) is 0 Å². The van der Waals surface area contributed by atoms with Gasteiger partial charge < -0.3 is 15.8 Å². The summed E-state index contributed by atoms with van der Waals surface area (Å²) in [4.78, 5) is 5.56. The van der Waals surface area contributed by atoms with Gasteiger partial charge in [0.15, 0.2) is 0 Å². The number of hydrogen-bond acceptors (Lipinski definition) is 5. The zero-order chi connectivity index (χ0) is 14.4. The molecule has 0 amide bonds. The monoisotopic (exact) mass is 295 g/mol. The Hall–Kier alpha value is -0.490. The number of nitrogens with zero attached hydrogens (tertiary/aromatic N) is 1. The van der Waals surface area contributed by atoms with Crippen LogP contribution in [0, 0.1) is 18.3 Å². The summed E-state index contributed by atoms with van der Waals surface area (Å²) in [5.74, 6) is 0.502. The lowest BCUT2D eigenvalue weighted by atomic mass is 9.46. The van der Waals surface area contributed by atoms with Gasteiger partial charge in [0.25, 0.3) is 0 Å². The predicted octanol–water partition coefficient (Wildman–Crippen LogP) is 2.07. The van der Waals surface area contributed by atoms with E-state index in [4.69, 9.17) is 10.5 Å². The molecule has 3 atom stereocenters. The maximum Gasteiger partial charge on any atom is 0.0897 e. The highest BCUT2D eigenvalue weighted by atomic mass is 32.1. The molecule has 2 aliphatic rings. The number of rotatable bonds is 4. The van der Waals surface area contributed by atoms with E-state index in [2.05, 4.69) is 24.1 Å². The van der Waals surface area contributed by atoms with E-state index in [9.17, 15) is 0 Å². The van der Waals surface area contributed by atoms with Gasteiger partial charge in [0.2, 0.25) is 0 Å². The molecule has 1 saturated carbocycles. The minimum atomic E-state index is -0.155. The first-order chi connectivity index (χ1) is 9.45. The normalized spacial score (nSPS) is 35.4. The predicted molar refractivity (Wildman–Crippen MR) is 81.7 cm³/mol. The average molecular weight is 295 g/mol. The van der Waals surface area contributed by atoms with Crippen LogP contribution in [-0.2, 0) is 11.3 Å². The third-order valence-electron chi connectivity index (χ3n) is 5.28. The number of fused-ring (bicyclic) bond motifs is 1. The highest BCUT2D eigenvalue weighted by molar-refractivity contribution is 7.11. The van der Waals surface area contributed by atoms with Gasteiger partial charge in [-0.15, -0.1) is 11.3 Å². The Balaban J connectivity index is 1.60. The number of aromatic nitrogens is 1. The number of aryl methyl sites for hydroxylation is 1.